The Morgan fingerprint density at radius 3 is 2.36 bits per heavy atom. The lowest BCUT2D eigenvalue weighted by Crippen LogP contribution is -2.50. The molecule has 3 aromatic heterocycles. The van der Waals surface area contributed by atoms with E-state index in [9.17, 15) is 0 Å². The predicted molar refractivity (Wildman–Crippen MR) is 140 cm³/mol. The molecule has 4 aliphatic carbocycles. The Kier molecular flexibility index (Phi) is 5.39. The fraction of sp³-hybridized carbons (Fsp3) is 0.414. The first kappa shape index (κ1) is 22.7. The van der Waals surface area contributed by atoms with Crippen molar-refractivity contribution in [3.8, 4) is 11.3 Å². The number of pyridine rings is 2. The van der Waals surface area contributed by atoms with Crippen molar-refractivity contribution < 1.29 is 9.26 Å². The Balaban J connectivity index is 1.13. The second-order valence-electron chi connectivity index (χ2n) is 10.7. The normalized spacial score (nSPS) is 25.5. The van der Waals surface area contributed by atoms with Crippen LogP contribution < -0.4 is 0 Å². The first-order chi connectivity index (χ1) is 17.6. The quantitative estimate of drug-likeness (QED) is 0.258. The van der Waals surface area contributed by atoms with Crippen LogP contribution in [0.4, 0.5) is 0 Å². The third-order valence-corrected chi connectivity index (χ3v) is 9.30. The first-order valence-electron chi connectivity index (χ1n) is 12.9. The SMILES string of the molecule is Clc1cccc(Cl)c1-c1noc(C2CC2)c1COC12CCC(c3ccc4ncccc4n3)(CC1)CC2. The van der Waals surface area contributed by atoms with Crippen LogP contribution in [-0.4, -0.2) is 20.7 Å². The maximum atomic E-state index is 6.80. The molecule has 36 heavy (non-hydrogen) atoms. The number of nitrogens with zero attached hydrogens (tertiary/aromatic N) is 3. The molecule has 4 aliphatic rings. The van der Waals surface area contributed by atoms with E-state index in [2.05, 4.69) is 28.3 Å². The molecule has 3 heterocycles. The van der Waals surface area contributed by atoms with Gasteiger partial charge >= 0.3 is 0 Å². The van der Waals surface area contributed by atoms with Gasteiger partial charge in [0, 0.05) is 34.4 Å². The number of hydrogen-bond acceptors (Lipinski definition) is 5. The summed E-state index contributed by atoms with van der Waals surface area (Å²) in [5.74, 6) is 1.36. The number of ether oxygens (including phenoxy) is 1. The van der Waals surface area contributed by atoms with Crippen LogP contribution in [0.5, 0.6) is 0 Å². The molecule has 0 unspecified atom stereocenters. The molecule has 184 valence electrons. The second-order valence-corrected chi connectivity index (χ2v) is 11.5. The highest BCUT2D eigenvalue weighted by atomic mass is 35.5. The van der Waals surface area contributed by atoms with E-state index in [1.54, 1.807) is 0 Å². The molecule has 4 saturated carbocycles. The van der Waals surface area contributed by atoms with Crippen molar-refractivity contribution in [1.29, 1.82) is 0 Å². The number of aromatic nitrogens is 3. The van der Waals surface area contributed by atoms with Crippen LogP contribution in [0, 0.1) is 0 Å². The summed E-state index contributed by atoms with van der Waals surface area (Å²) in [6.07, 6.45) is 10.4. The fourth-order valence-corrected chi connectivity index (χ4v) is 6.85. The molecule has 0 spiro atoms. The Morgan fingerprint density at radius 1 is 0.889 bits per heavy atom. The van der Waals surface area contributed by atoms with Crippen molar-refractivity contribution in [3.05, 3.63) is 75.7 Å². The summed E-state index contributed by atoms with van der Waals surface area (Å²) in [5.41, 5.74) is 5.64. The molecule has 0 N–H and O–H groups in total. The minimum atomic E-state index is -0.111. The first-order valence-corrected chi connectivity index (χ1v) is 13.6. The zero-order valence-electron chi connectivity index (χ0n) is 20.0. The highest BCUT2D eigenvalue weighted by molar-refractivity contribution is 6.39. The van der Waals surface area contributed by atoms with E-state index in [4.69, 9.17) is 37.4 Å². The smallest absolute Gasteiger partial charge is 0.145 e. The third kappa shape index (κ3) is 3.75. The van der Waals surface area contributed by atoms with Gasteiger partial charge in [0.1, 0.15) is 11.5 Å². The van der Waals surface area contributed by atoms with E-state index in [1.165, 1.54) is 5.69 Å². The average Bonchev–Trinajstić information content (AvgIpc) is 3.68. The van der Waals surface area contributed by atoms with Crippen molar-refractivity contribution in [2.45, 2.75) is 74.9 Å². The Hall–Kier alpha value is -2.47. The molecule has 0 saturated heterocycles. The van der Waals surface area contributed by atoms with E-state index >= 15 is 0 Å². The van der Waals surface area contributed by atoms with Crippen LogP contribution in [0.25, 0.3) is 22.3 Å². The molecule has 0 amide bonds. The van der Waals surface area contributed by atoms with E-state index in [1.807, 2.05) is 30.5 Å². The molecular formula is C29H27Cl2N3O2. The van der Waals surface area contributed by atoms with Crippen LogP contribution in [0.15, 0.2) is 53.2 Å². The molecular weight excluding hydrogens is 493 g/mol. The topological polar surface area (TPSA) is 61.0 Å². The van der Waals surface area contributed by atoms with Gasteiger partial charge in [0.05, 0.1) is 33.3 Å². The van der Waals surface area contributed by atoms with E-state index in [0.29, 0.717) is 22.6 Å². The number of rotatable bonds is 6. The van der Waals surface area contributed by atoms with Crippen molar-refractivity contribution >= 4 is 34.2 Å². The lowest BCUT2D eigenvalue weighted by atomic mass is 9.57. The van der Waals surface area contributed by atoms with Crippen molar-refractivity contribution in [2.75, 3.05) is 0 Å². The standard InChI is InChI=1S/C29H27Cl2N3O2/c30-20-3-1-4-21(31)25(20)26-19(27(36-34-26)18-6-7-18)17-35-29-13-10-28(11-14-29,12-15-29)24-9-8-22-23(33-24)5-2-16-32-22/h1-5,8-9,16,18H,6-7,10-15,17H2. The predicted octanol–water partition coefficient (Wildman–Crippen LogP) is 8.03. The summed E-state index contributed by atoms with van der Waals surface area (Å²) in [4.78, 5) is 9.46. The maximum absolute atomic E-state index is 6.80. The van der Waals surface area contributed by atoms with Gasteiger partial charge in [-0.3, -0.25) is 9.97 Å². The van der Waals surface area contributed by atoms with Gasteiger partial charge < -0.3 is 9.26 Å². The van der Waals surface area contributed by atoms with Crippen molar-refractivity contribution in [1.82, 2.24) is 15.1 Å². The molecule has 0 atom stereocenters. The summed E-state index contributed by atoms with van der Waals surface area (Å²) >= 11 is 13.1. The lowest BCUT2D eigenvalue weighted by molar-refractivity contribution is -0.127. The van der Waals surface area contributed by atoms with Crippen LogP contribution in [-0.2, 0) is 16.8 Å². The zero-order valence-corrected chi connectivity index (χ0v) is 21.5. The summed E-state index contributed by atoms with van der Waals surface area (Å²) in [5, 5.41) is 5.59. The van der Waals surface area contributed by atoms with E-state index in [-0.39, 0.29) is 11.0 Å². The van der Waals surface area contributed by atoms with E-state index < -0.39 is 0 Å². The van der Waals surface area contributed by atoms with Crippen LogP contribution in [0.2, 0.25) is 10.0 Å². The number of benzene rings is 1. The maximum Gasteiger partial charge on any atom is 0.145 e. The minimum absolute atomic E-state index is 0.111. The molecule has 5 nitrogen and oxygen atoms in total. The molecule has 7 heteroatoms. The van der Waals surface area contributed by atoms with Gasteiger partial charge in [-0.15, -0.1) is 0 Å². The zero-order chi connectivity index (χ0) is 24.3. The highest BCUT2D eigenvalue weighted by Gasteiger charge is 2.51. The van der Waals surface area contributed by atoms with Gasteiger partial charge in [0.25, 0.3) is 0 Å². The number of hydrogen-bond donors (Lipinski definition) is 0. The number of fused-ring (bicyclic) bond motifs is 4. The summed E-state index contributed by atoms with van der Waals surface area (Å²) in [6.45, 7) is 0.471. The number of halogens is 2. The Morgan fingerprint density at radius 2 is 1.64 bits per heavy atom. The summed E-state index contributed by atoms with van der Waals surface area (Å²) < 4.78 is 12.6. The van der Waals surface area contributed by atoms with Crippen LogP contribution >= 0.6 is 23.2 Å². The monoisotopic (exact) mass is 519 g/mol. The molecule has 4 aromatic rings. The van der Waals surface area contributed by atoms with Gasteiger partial charge in [-0.2, -0.15) is 0 Å². The van der Waals surface area contributed by atoms with Gasteiger partial charge in [-0.25, -0.2) is 0 Å². The fourth-order valence-electron chi connectivity index (χ4n) is 6.28. The molecule has 2 bridgehead atoms. The van der Waals surface area contributed by atoms with Gasteiger partial charge in [-0.05, 0) is 87.8 Å². The highest BCUT2D eigenvalue weighted by Crippen LogP contribution is 2.55. The second kappa shape index (κ2) is 8.54. The van der Waals surface area contributed by atoms with Crippen molar-refractivity contribution in [2.24, 2.45) is 0 Å². The van der Waals surface area contributed by atoms with Gasteiger partial charge in [-0.1, -0.05) is 34.4 Å². The molecule has 8 rings (SSSR count). The molecule has 0 aliphatic heterocycles. The molecule has 4 fully saturated rings. The Labute approximate surface area is 220 Å². The molecule has 1 aromatic carbocycles. The Bertz CT molecular complexity index is 1420. The largest absolute Gasteiger partial charge is 0.370 e. The van der Waals surface area contributed by atoms with Gasteiger partial charge in [0.15, 0.2) is 0 Å². The minimum Gasteiger partial charge on any atom is -0.370 e. The average molecular weight is 520 g/mol. The lowest BCUT2D eigenvalue weighted by Gasteiger charge is -2.52. The van der Waals surface area contributed by atoms with Crippen molar-refractivity contribution in [3.63, 3.8) is 0 Å². The third-order valence-electron chi connectivity index (χ3n) is 8.67. The van der Waals surface area contributed by atoms with E-state index in [0.717, 1.165) is 85.0 Å². The summed E-state index contributed by atoms with van der Waals surface area (Å²) in [7, 11) is 0. The van der Waals surface area contributed by atoms with Crippen LogP contribution in [0.3, 0.4) is 0 Å². The molecule has 0 radical (unpaired) electrons. The summed E-state index contributed by atoms with van der Waals surface area (Å²) in [6, 6.07) is 13.9. The van der Waals surface area contributed by atoms with Gasteiger partial charge in [0.2, 0.25) is 0 Å². The van der Waals surface area contributed by atoms with Crippen LogP contribution in [0.1, 0.15) is 74.3 Å².